The third kappa shape index (κ3) is 7.96. The van der Waals surface area contributed by atoms with E-state index in [4.69, 9.17) is 0 Å². The molecule has 0 aliphatic carbocycles. The van der Waals surface area contributed by atoms with Gasteiger partial charge in [-0.2, -0.15) is 13.2 Å². The van der Waals surface area contributed by atoms with E-state index in [2.05, 4.69) is 4.74 Å². The van der Waals surface area contributed by atoms with E-state index in [1.807, 2.05) is 0 Å². The second-order valence-electron chi connectivity index (χ2n) is 3.15. The first kappa shape index (κ1) is 13.9. The molecule has 0 radical (unpaired) electrons. The highest BCUT2D eigenvalue weighted by Crippen LogP contribution is 2.16. The minimum atomic E-state index is -4.92. The van der Waals surface area contributed by atoms with Crippen LogP contribution in [0.5, 0.6) is 0 Å². The Morgan fingerprint density at radius 2 is 1.73 bits per heavy atom. The molecular formula is C9H13F3O3. The van der Waals surface area contributed by atoms with Gasteiger partial charge in [-0.25, -0.2) is 4.79 Å². The second-order valence-corrected chi connectivity index (χ2v) is 3.15. The Bertz CT molecular complexity index is 223. The van der Waals surface area contributed by atoms with E-state index in [-0.39, 0.29) is 12.4 Å². The van der Waals surface area contributed by atoms with Gasteiger partial charge in [0, 0.05) is 6.42 Å². The number of carbonyl (C=O) groups excluding carboxylic acids is 2. The predicted molar refractivity (Wildman–Crippen MR) is 46.2 cm³/mol. The van der Waals surface area contributed by atoms with Gasteiger partial charge in [0.1, 0.15) is 5.78 Å². The Morgan fingerprint density at radius 3 is 2.20 bits per heavy atom. The lowest BCUT2D eigenvalue weighted by Gasteiger charge is -2.06. The first-order valence-electron chi connectivity index (χ1n) is 4.57. The summed E-state index contributed by atoms with van der Waals surface area (Å²) in [6.45, 7) is 1.19. The lowest BCUT2D eigenvalue weighted by Crippen LogP contribution is -2.25. The Labute approximate surface area is 85.6 Å². The number of halogens is 3. The lowest BCUT2D eigenvalue weighted by molar-refractivity contribution is -0.199. The Hall–Kier alpha value is -1.07. The van der Waals surface area contributed by atoms with E-state index in [9.17, 15) is 22.8 Å². The van der Waals surface area contributed by atoms with Crippen LogP contribution in [0.25, 0.3) is 0 Å². The number of carbonyl (C=O) groups is 2. The van der Waals surface area contributed by atoms with Gasteiger partial charge in [0.05, 0.1) is 6.61 Å². The molecule has 0 amide bonds. The van der Waals surface area contributed by atoms with Crippen LogP contribution in [-0.2, 0) is 14.3 Å². The number of hydrogen-bond acceptors (Lipinski definition) is 3. The molecular weight excluding hydrogens is 213 g/mol. The molecule has 0 aromatic heterocycles. The van der Waals surface area contributed by atoms with Crippen molar-refractivity contribution in [2.45, 2.75) is 38.8 Å². The van der Waals surface area contributed by atoms with Crippen LogP contribution in [0.1, 0.15) is 32.6 Å². The zero-order valence-corrected chi connectivity index (χ0v) is 8.39. The van der Waals surface area contributed by atoms with Crippen LogP contribution < -0.4 is 0 Å². The van der Waals surface area contributed by atoms with Crippen LogP contribution in [0, 0.1) is 0 Å². The Kier molecular flexibility index (Phi) is 5.96. The van der Waals surface area contributed by atoms with Gasteiger partial charge in [-0.15, -0.1) is 0 Å². The topological polar surface area (TPSA) is 43.4 Å². The lowest BCUT2D eigenvalue weighted by atomic mass is 10.1. The quantitative estimate of drug-likeness (QED) is 0.515. The molecule has 0 N–H and O–H groups in total. The molecule has 0 fully saturated rings. The van der Waals surface area contributed by atoms with Gasteiger partial charge in [-0.3, -0.25) is 0 Å². The largest absolute Gasteiger partial charge is 0.490 e. The molecule has 0 bridgehead atoms. The van der Waals surface area contributed by atoms with Crippen LogP contribution in [0.4, 0.5) is 13.2 Å². The highest BCUT2D eigenvalue weighted by molar-refractivity contribution is 5.75. The van der Waals surface area contributed by atoms with Crippen molar-refractivity contribution in [1.82, 2.24) is 0 Å². The summed E-state index contributed by atoms with van der Waals surface area (Å²) in [7, 11) is 0. The summed E-state index contributed by atoms with van der Waals surface area (Å²) < 4.78 is 38.8. The van der Waals surface area contributed by atoms with E-state index >= 15 is 0 Å². The maximum absolute atomic E-state index is 11.6. The SMILES string of the molecule is CC(=O)CCCCCOC(=O)C(F)(F)F. The molecule has 15 heavy (non-hydrogen) atoms. The molecule has 88 valence electrons. The van der Waals surface area contributed by atoms with Crippen LogP contribution in [-0.4, -0.2) is 24.5 Å². The van der Waals surface area contributed by atoms with E-state index in [1.54, 1.807) is 0 Å². The smallest absolute Gasteiger partial charge is 0.459 e. The zero-order valence-electron chi connectivity index (χ0n) is 8.39. The van der Waals surface area contributed by atoms with Crippen LogP contribution >= 0.6 is 0 Å². The van der Waals surface area contributed by atoms with Crippen molar-refractivity contribution >= 4 is 11.8 Å². The molecule has 0 aromatic carbocycles. The summed E-state index contributed by atoms with van der Waals surface area (Å²) in [6.07, 6.45) is -2.98. The average molecular weight is 226 g/mol. The van der Waals surface area contributed by atoms with Crippen molar-refractivity contribution in [3.63, 3.8) is 0 Å². The van der Waals surface area contributed by atoms with Crippen molar-refractivity contribution in [2.75, 3.05) is 6.61 Å². The standard InChI is InChI=1S/C9H13F3O3/c1-7(13)5-3-2-4-6-15-8(14)9(10,11)12/h2-6H2,1H3. The summed E-state index contributed by atoms with van der Waals surface area (Å²) in [5.41, 5.74) is 0. The number of Topliss-reactive ketones (excluding diaryl/α,β-unsaturated/α-hetero) is 1. The van der Waals surface area contributed by atoms with Crippen molar-refractivity contribution in [3.8, 4) is 0 Å². The van der Waals surface area contributed by atoms with Crippen LogP contribution in [0.15, 0.2) is 0 Å². The Balaban J connectivity index is 3.40. The fourth-order valence-corrected chi connectivity index (χ4v) is 0.899. The summed E-state index contributed by atoms with van der Waals surface area (Å²) in [4.78, 5) is 20.7. The van der Waals surface area contributed by atoms with Crippen molar-refractivity contribution < 1.29 is 27.5 Å². The number of ether oxygens (including phenoxy) is 1. The van der Waals surface area contributed by atoms with Gasteiger partial charge in [0.25, 0.3) is 0 Å². The first-order chi connectivity index (χ1) is 6.84. The van der Waals surface area contributed by atoms with Gasteiger partial charge in [0.15, 0.2) is 0 Å². The second kappa shape index (κ2) is 6.42. The van der Waals surface area contributed by atoms with Crippen molar-refractivity contribution in [3.05, 3.63) is 0 Å². The van der Waals surface area contributed by atoms with Gasteiger partial charge in [-0.05, 0) is 26.2 Å². The van der Waals surface area contributed by atoms with Crippen LogP contribution in [0.2, 0.25) is 0 Å². The van der Waals surface area contributed by atoms with Gasteiger partial charge < -0.3 is 9.53 Å². The monoisotopic (exact) mass is 226 g/mol. The number of esters is 1. The fraction of sp³-hybridized carbons (Fsp3) is 0.778. The van der Waals surface area contributed by atoms with Crippen molar-refractivity contribution in [2.24, 2.45) is 0 Å². The average Bonchev–Trinajstić information content (AvgIpc) is 2.08. The van der Waals surface area contributed by atoms with Gasteiger partial charge >= 0.3 is 12.1 Å². The third-order valence-corrected chi connectivity index (χ3v) is 1.64. The highest BCUT2D eigenvalue weighted by atomic mass is 19.4. The molecule has 0 saturated carbocycles. The first-order valence-corrected chi connectivity index (χ1v) is 4.57. The number of unbranched alkanes of at least 4 members (excludes halogenated alkanes) is 2. The number of ketones is 1. The van der Waals surface area contributed by atoms with Crippen molar-refractivity contribution in [1.29, 1.82) is 0 Å². The predicted octanol–water partition coefficient (Wildman–Crippen LogP) is 2.24. The minimum Gasteiger partial charge on any atom is -0.459 e. The number of alkyl halides is 3. The summed E-state index contributed by atoms with van der Waals surface area (Å²) in [6, 6.07) is 0. The number of hydrogen-bond donors (Lipinski definition) is 0. The maximum Gasteiger partial charge on any atom is 0.490 e. The third-order valence-electron chi connectivity index (χ3n) is 1.64. The summed E-state index contributed by atoms with van der Waals surface area (Å²) in [5, 5.41) is 0. The normalized spacial score (nSPS) is 11.2. The minimum absolute atomic E-state index is 0.0438. The van der Waals surface area contributed by atoms with Gasteiger partial charge in [-0.1, -0.05) is 0 Å². The fourth-order valence-electron chi connectivity index (χ4n) is 0.899. The molecule has 3 nitrogen and oxygen atoms in total. The molecule has 0 heterocycles. The molecule has 0 atom stereocenters. The molecule has 0 unspecified atom stereocenters. The van der Waals surface area contributed by atoms with Crippen LogP contribution in [0.3, 0.4) is 0 Å². The molecule has 0 saturated heterocycles. The molecule has 0 aliphatic rings. The molecule has 0 spiro atoms. The maximum atomic E-state index is 11.6. The van der Waals surface area contributed by atoms with E-state index in [1.165, 1.54) is 6.92 Å². The molecule has 0 aliphatic heterocycles. The molecule has 6 heteroatoms. The van der Waals surface area contributed by atoms with E-state index < -0.39 is 12.1 Å². The number of rotatable bonds is 6. The summed E-state index contributed by atoms with van der Waals surface area (Å²) >= 11 is 0. The summed E-state index contributed by atoms with van der Waals surface area (Å²) in [5.74, 6) is -2.11. The van der Waals surface area contributed by atoms with E-state index in [0.29, 0.717) is 25.7 Å². The molecule has 0 aromatic rings. The Morgan fingerprint density at radius 1 is 1.13 bits per heavy atom. The van der Waals surface area contributed by atoms with Gasteiger partial charge in [0.2, 0.25) is 0 Å². The molecule has 0 rings (SSSR count). The van der Waals surface area contributed by atoms with E-state index in [0.717, 1.165) is 0 Å². The highest BCUT2D eigenvalue weighted by Gasteiger charge is 2.40. The zero-order chi connectivity index (χ0) is 11.9.